The van der Waals surface area contributed by atoms with E-state index in [1.807, 2.05) is 0 Å². The quantitative estimate of drug-likeness (QED) is 0.327. The minimum Gasteiger partial charge on any atom is -1.00 e. The lowest BCUT2D eigenvalue weighted by Gasteiger charge is -2.37. The molecule has 2 heteroatoms. The number of hydrogen-bond donors (Lipinski definition) is 0. The zero-order valence-corrected chi connectivity index (χ0v) is 16.5. The molecule has 4 aromatic rings. The molecule has 0 radical (unpaired) electrons. The third-order valence-electron chi connectivity index (χ3n) is 4.57. The van der Waals surface area contributed by atoms with Gasteiger partial charge in [0.1, 0.15) is 22.7 Å². The largest absolute Gasteiger partial charge is 1.00 e. The molecule has 0 unspecified atom stereocenters. The molecule has 0 spiro atoms. The molecule has 0 bridgehead atoms. The molecule has 0 aliphatic rings. The Morgan fingerprint density at radius 1 is 0.308 bits per heavy atom. The van der Waals surface area contributed by atoms with Crippen LogP contribution in [-0.4, -0.2) is 0 Å². The molecule has 4 aromatic carbocycles. The maximum absolute atomic E-state index is 2.20. The Kier molecular flexibility index (Phi) is 5.86. The zero-order valence-electron chi connectivity index (χ0n) is 14.4. The van der Waals surface area contributed by atoms with E-state index in [1.165, 1.54) is 22.7 Å². The van der Waals surface area contributed by atoms with Gasteiger partial charge in [-0.25, -0.2) is 0 Å². The number of halogens is 1. The van der Waals surface area contributed by atoms with Gasteiger partial charge in [-0.3, -0.25) is 0 Å². The molecular weight excluding hydrogens is 429 g/mol. The second-order valence-corrected chi connectivity index (χ2v) is 6.01. The van der Waals surface area contributed by atoms with E-state index in [2.05, 4.69) is 121 Å². The molecule has 0 aromatic heterocycles. The first-order valence-electron chi connectivity index (χ1n) is 8.54. The van der Waals surface area contributed by atoms with Crippen molar-refractivity contribution in [3.05, 3.63) is 121 Å². The van der Waals surface area contributed by atoms with Crippen molar-refractivity contribution in [2.75, 3.05) is 0 Å². The fourth-order valence-electron chi connectivity index (χ4n) is 3.50. The molecule has 4 rings (SSSR count). The third-order valence-corrected chi connectivity index (χ3v) is 4.57. The summed E-state index contributed by atoms with van der Waals surface area (Å²) in [6.07, 6.45) is 0. The van der Waals surface area contributed by atoms with Gasteiger partial charge in [0.05, 0.1) is 0 Å². The summed E-state index contributed by atoms with van der Waals surface area (Å²) < 4.78 is 0.559. The molecule has 0 aliphatic heterocycles. The van der Waals surface area contributed by atoms with Crippen molar-refractivity contribution in [2.24, 2.45) is 0 Å². The number of benzene rings is 4. The van der Waals surface area contributed by atoms with Gasteiger partial charge >= 0.3 is 0 Å². The summed E-state index contributed by atoms with van der Waals surface area (Å²) in [6, 6.07) is 42.8. The summed E-state index contributed by atoms with van der Waals surface area (Å²) in [5.41, 5.74) is 4.86. The van der Waals surface area contributed by atoms with Gasteiger partial charge in [-0.15, -0.1) is 0 Å². The minimum atomic E-state index is 0. The lowest BCUT2D eigenvalue weighted by Crippen LogP contribution is -3.00. The lowest BCUT2D eigenvalue weighted by molar-refractivity contribution is -0.00000483. The second kappa shape index (κ2) is 8.30. The van der Waals surface area contributed by atoms with Crippen LogP contribution in [0.1, 0.15) is 0 Å². The minimum absolute atomic E-state index is 0. The van der Waals surface area contributed by atoms with Crippen LogP contribution in [-0.2, 0) is 0 Å². The number of hydrogen-bond acceptors (Lipinski definition) is 0. The highest BCUT2D eigenvalue weighted by Crippen LogP contribution is 2.50. The molecule has 128 valence electrons. The standard InChI is InChI=1S/C24H20N.HI/c1-5-13-21(14-6-1)25(22-15-7-2-8-16-22,23-17-9-3-10-18-23)24-19-11-4-12-20-24;/h1-20H;1H/q+1;/p-1. The predicted octanol–water partition coefficient (Wildman–Crippen LogP) is 3.99. The molecule has 0 atom stereocenters. The molecule has 0 fully saturated rings. The first kappa shape index (κ1) is 18.4. The summed E-state index contributed by atoms with van der Waals surface area (Å²) in [6.45, 7) is 0. The van der Waals surface area contributed by atoms with Crippen molar-refractivity contribution >= 4 is 22.7 Å². The smallest absolute Gasteiger partial charge is 0.148 e. The normalized spacial score (nSPS) is 10.8. The van der Waals surface area contributed by atoms with E-state index < -0.39 is 0 Å². The van der Waals surface area contributed by atoms with Crippen molar-refractivity contribution in [2.45, 2.75) is 0 Å². The first-order valence-corrected chi connectivity index (χ1v) is 8.54. The van der Waals surface area contributed by atoms with E-state index in [0.717, 1.165) is 0 Å². The maximum atomic E-state index is 2.20. The fraction of sp³-hybridized carbons (Fsp3) is 0. The van der Waals surface area contributed by atoms with Gasteiger partial charge in [0.15, 0.2) is 0 Å². The Bertz CT molecular complexity index is 759. The zero-order chi connectivity index (χ0) is 17.0. The van der Waals surface area contributed by atoms with E-state index in [4.69, 9.17) is 0 Å². The molecule has 0 saturated carbocycles. The van der Waals surface area contributed by atoms with E-state index in [9.17, 15) is 0 Å². The van der Waals surface area contributed by atoms with Crippen LogP contribution in [0.25, 0.3) is 0 Å². The highest BCUT2D eigenvalue weighted by molar-refractivity contribution is 5.81. The van der Waals surface area contributed by atoms with E-state index >= 15 is 0 Å². The average molecular weight is 449 g/mol. The van der Waals surface area contributed by atoms with Gasteiger partial charge in [0.25, 0.3) is 0 Å². The van der Waals surface area contributed by atoms with Crippen LogP contribution >= 0.6 is 0 Å². The number of nitrogens with zero attached hydrogens (tertiary/aromatic N) is 1. The molecule has 1 nitrogen and oxygen atoms in total. The topological polar surface area (TPSA) is 0 Å². The molecule has 0 heterocycles. The Morgan fingerprint density at radius 2 is 0.500 bits per heavy atom. The number of quaternary nitrogens is 1. The van der Waals surface area contributed by atoms with E-state index in [-0.39, 0.29) is 24.0 Å². The van der Waals surface area contributed by atoms with Crippen molar-refractivity contribution in [1.82, 2.24) is 4.48 Å². The monoisotopic (exact) mass is 449 g/mol. The summed E-state index contributed by atoms with van der Waals surface area (Å²) >= 11 is 0. The third kappa shape index (κ3) is 3.18. The molecule has 0 aliphatic carbocycles. The SMILES string of the molecule is [I-].c1ccc([N+](c2ccccc2)(c2ccccc2)c2ccccc2)cc1. The second-order valence-electron chi connectivity index (χ2n) is 6.01. The fourth-order valence-corrected chi connectivity index (χ4v) is 3.50. The number of rotatable bonds is 4. The van der Waals surface area contributed by atoms with Gasteiger partial charge in [0.2, 0.25) is 0 Å². The van der Waals surface area contributed by atoms with Crippen LogP contribution < -0.4 is 28.5 Å². The van der Waals surface area contributed by atoms with Crippen LogP contribution in [0.3, 0.4) is 0 Å². The number of para-hydroxylation sites is 4. The average Bonchev–Trinajstić information content (AvgIpc) is 2.72. The van der Waals surface area contributed by atoms with Crippen molar-refractivity contribution in [3.8, 4) is 0 Å². The Hall–Kier alpha value is -2.43. The first-order chi connectivity index (χ1) is 12.4. The van der Waals surface area contributed by atoms with Crippen molar-refractivity contribution in [1.29, 1.82) is 0 Å². The summed E-state index contributed by atoms with van der Waals surface area (Å²) in [4.78, 5) is 0. The van der Waals surface area contributed by atoms with Gasteiger partial charge in [-0.05, 0) is 0 Å². The van der Waals surface area contributed by atoms with Crippen molar-refractivity contribution < 1.29 is 24.0 Å². The van der Waals surface area contributed by atoms with Gasteiger partial charge in [-0.1, -0.05) is 72.8 Å². The van der Waals surface area contributed by atoms with Crippen LogP contribution in [0.4, 0.5) is 22.7 Å². The molecular formula is C24H20IN. The molecule has 26 heavy (non-hydrogen) atoms. The maximum Gasteiger partial charge on any atom is 0.148 e. The van der Waals surface area contributed by atoms with Gasteiger partial charge in [0, 0.05) is 48.5 Å². The lowest BCUT2D eigenvalue weighted by atomic mass is 10.1. The predicted molar refractivity (Wildman–Crippen MR) is 107 cm³/mol. The summed E-state index contributed by atoms with van der Waals surface area (Å²) in [5, 5.41) is 0. The van der Waals surface area contributed by atoms with Crippen molar-refractivity contribution in [3.63, 3.8) is 0 Å². The summed E-state index contributed by atoms with van der Waals surface area (Å²) in [7, 11) is 0. The Morgan fingerprint density at radius 3 is 0.692 bits per heavy atom. The van der Waals surface area contributed by atoms with Gasteiger partial charge in [-0.2, -0.15) is 4.48 Å². The molecule has 0 amide bonds. The molecule has 0 saturated heterocycles. The van der Waals surface area contributed by atoms with Crippen LogP contribution in [0.2, 0.25) is 0 Å². The van der Waals surface area contributed by atoms with E-state index in [0.29, 0.717) is 4.48 Å². The van der Waals surface area contributed by atoms with Gasteiger partial charge < -0.3 is 24.0 Å². The van der Waals surface area contributed by atoms with E-state index in [1.54, 1.807) is 0 Å². The van der Waals surface area contributed by atoms with Crippen LogP contribution in [0, 0.1) is 0 Å². The Balaban J connectivity index is 0.00000196. The Labute approximate surface area is 172 Å². The highest BCUT2D eigenvalue weighted by atomic mass is 127. The molecule has 0 N–H and O–H groups in total. The van der Waals surface area contributed by atoms with Crippen LogP contribution in [0.15, 0.2) is 121 Å². The summed E-state index contributed by atoms with van der Waals surface area (Å²) in [5.74, 6) is 0. The highest BCUT2D eigenvalue weighted by Gasteiger charge is 2.38. The van der Waals surface area contributed by atoms with Crippen LogP contribution in [0.5, 0.6) is 0 Å².